The molecule has 0 bridgehead atoms. The number of hydrogen-bond donors (Lipinski definition) is 0. The lowest BCUT2D eigenvalue weighted by molar-refractivity contribution is -0.00545. The maximum atomic E-state index is 5.78. The molecule has 4 nitrogen and oxygen atoms in total. The Balaban J connectivity index is 1.90. The molecule has 0 aliphatic carbocycles. The van der Waals surface area contributed by atoms with Crippen LogP contribution < -0.4 is 4.90 Å². The van der Waals surface area contributed by atoms with Crippen LogP contribution in [0, 0.1) is 6.92 Å². The third kappa shape index (κ3) is 2.56. The molecule has 2 unspecified atom stereocenters. The summed E-state index contributed by atoms with van der Waals surface area (Å²) in [7, 11) is 0. The summed E-state index contributed by atoms with van der Waals surface area (Å²) in [4.78, 5) is 6.80. The maximum Gasteiger partial charge on any atom is 0.129 e. The van der Waals surface area contributed by atoms with Crippen LogP contribution in [0.3, 0.4) is 0 Å². The summed E-state index contributed by atoms with van der Waals surface area (Å²) < 4.78 is 11.2. The Bertz CT molecular complexity index is 584. The first-order valence-corrected chi connectivity index (χ1v) is 7.04. The second-order valence-electron chi connectivity index (χ2n) is 5.46. The maximum absolute atomic E-state index is 5.78. The van der Waals surface area contributed by atoms with Crippen molar-refractivity contribution in [2.45, 2.75) is 33.0 Å². The Morgan fingerprint density at radius 2 is 1.95 bits per heavy atom. The molecule has 1 fully saturated rings. The monoisotopic (exact) mass is 272 g/mol. The fourth-order valence-electron chi connectivity index (χ4n) is 2.81. The predicted molar refractivity (Wildman–Crippen MR) is 78.9 cm³/mol. The number of aryl methyl sites for hydroxylation is 1. The van der Waals surface area contributed by atoms with Crippen molar-refractivity contribution in [3.05, 3.63) is 36.4 Å². The summed E-state index contributed by atoms with van der Waals surface area (Å²) in [6, 6.07) is 6.15. The minimum atomic E-state index is 0.236. The molecule has 0 aromatic carbocycles. The van der Waals surface area contributed by atoms with Crippen LogP contribution in [0.4, 0.5) is 5.82 Å². The molecule has 1 aliphatic heterocycles. The van der Waals surface area contributed by atoms with E-state index in [9.17, 15) is 0 Å². The van der Waals surface area contributed by atoms with Crippen LogP contribution in [0.15, 0.2) is 35.1 Å². The number of rotatable bonds is 2. The van der Waals surface area contributed by atoms with Crippen molar-refractivity contribution >= 4 is 5.82 Å². The van der Waals surface area contributed by atoms with Crippen LogP contribution in [0.5, 0.6) is 0 Å². The van der Waals surface area contributed by atoms with Crippen LogP contribution in [0.2, 0.25) is 0 Å². The van der Waals surface area contributed by atoms with Crippen molar-refractivity contribution in [3.8, 4) is 11.1 Å². The van der Waals surface area contributed by atoms with Crippen LogP contribution in [-0.4, -0.2) is 30.3 Å². The highest BCUT2D eigenvalue weighted by Crippen LogP contribution is 2.27. The molecule has 0 N–H and O–H groups in total. The Morgan fingerprint density at radius 3 is 2.60 bits per heavy atom. The second kappa shape index (κ2) is 5.29. The average Bonchev–Trinajstić information content (AvgIpc) is 2.84. The molecular weight excluding hydrogens is 252 g/mol. The Labute approximate surface area is 119 Å². The van der Waals surface area contributed by atoms with E-state index in [1.54, 1.807) is 6.26 Å². The van der Waals surface area contributed by atoms with Crippen molar-refractivity contribution in [2.75, 3.05) is 18.0 Å². The lowest BCUT2D eigenvalue weighted by Crippen LogP contribution is -2.45. The summed E-state index contributed by atoms with van der Waals surface area (Å²) in [6.45, 7) is 7.95. The van der Waals surface area contributed by atoms with Gasteiger partial charge >= 0.3 is 0 Å². The fraction of sp³-hybridized carbons (Fsp3) is 0.438. The van der Waals surface area contributed by atoms with Gasteiger partial charge in [-0.25, -0.2) is 4.98 Å². The van der Waals surface area contributed by atoms with Gasteiger partial charge in [-0.15, -0.1) is 0 Å². The normalized spacial score (nSPS) is 23.1. The molecule has 106 valence electrons. The largest absolute Gasteiger partial charge is 0.469 e. The SMILES string of the molecule is Cc1occc1-c1ccnc(N2CC(C)OC(C)C2)c1. The highest BCUT2D eigenvalue weighted by molar-refractivity contribution is 5.68. The van der Waals surface area contributed by atoms with Gasteiger partial charge < -0.3 is 14.1 Å². The summed E-state index contributed by atoms with van der Waals surface area (Å²) in [6.07, 6.45) is 4.06. The zero-order valence-electron chi connectivity index (χ0n) is 12.2. The topological polar surface area (TPSA) is 38.5 Å². The number of morpholine rings is 1. The molecular formula is C16H20N2O2. The van der Waals surface area contributed by atoms with E-state index in [1.807, 2.05) is 25.3 Å². The average molecular weight is 272 g/mol. The zero-order valence-corrected chi connectivity index (χ0v) is 12.2. The van der Waals surface area contributed by atoms with E-state index in [0.717, 1.165) is 35.8 Å². The molecule has 3 rings (SSSR count). The Morgan fingerprint density at radius 1 is 1.20 bits per heavy atom. The molecule has 0 spiro atoms. The van der Waals surface area contributed by atoms with Gasteiger partial charge in [0.05, 0.1) is 18.5 Å². The van der Waals surface area contributed by atoms with E-state index in [1.165, 1.54) is 0 Å². The fourth-order valence-corrected chi connectivity index (χ4v) is 2.81. The molecule has 2 atom stereocenters. The van der Waals surface area contributed by atoms with Gasteiger partial charge in [0, 0.05) is 24.8 Å². The van der Waals surface area contributed by atoms with Gasteiger partial charge in [-0.1, -0.05) is 0 Å². The van der Waals surface area contributed by atoms with Gasteiger partial charge in [0.2, 0.25) is 0 Å². The van der Waals surface area contributed by atoms with Crippen molar-refractivity contribution in [3.63, 3.8) is 0 Å². The van der Waals surface area contributed by atoms with E-state index >= 15 is 0 Å². The molecule has 3 heterocycles. The minimum absolute atomic E-state index is 0.236. The van der Waals surface area contributed by atoms with Gasteiger partial charge in [-0.3, -0.25) is 0 Å². The van der Waals surface area contributed by atoms with E-state index in [0.29, 0.717) is 0 Å². The first kappa shape index (κ1) is 13.2. The summed E-state index contributed by atoms with van der Waals surface area (Å²) >= 11 is 0. The molecule has 1 aliphatic rings. The lowest BCUT2D eigenvalue weighted by Gasteiger charge is -2.36. The number of hydrogen-bond acceptors (Lipinski definition) is 4. The zero-order chi connectivity index (χ0) is 14.1. The van der Waals surface area contributed by atoms with Gasteiger partial charge in [0.1, 0.15) is 11.6 Å². The van der Waals surface area contributed by atoms with Crippen molar-refractivity contribution in [2.24, 2.45) is 0 Å². The number of aromatic nitrogens is 1. The van der Waals surface area contributed by atoms with Crippen LogP contribution in [-0.2, 0) is 4.74 Å². The Hall–Kier alpha value is -1.81. The molecule has 0 radical (unpaired) electrons. The standard InChI is InChI=1S/C16H20N2O2/c1-11-9-18(10-12(2)20-11)16-8-14(4-6-17-16)15-5-7-19-13(15)3/h4-8,11-12H,9-10H2,1-3H3. The van der Waals surface area contributed by atoms with Gasteiger partial charge in [-0.2, -0.15) is 0 Å². The highest BCUT2D eigenvalue weighted by Gasteiger charge is 2.23. The van der Waals surface area contributed by atoms with Crippen LogP contribution in [0.25, 0.3) is 11.1 Å². The smallest absolute Gasteiger partial charge is 0.129 e. The van der Waals surface area contributed by atoms with Gasteiger partial charge in [0.15, 0.2) is 0 Å². The Kier molecular flexibility index (Phi) is 3.49. The molecule has 20 heavy (non-hydrogen) atoms. The lowest BCUT2D eigenvalue weighted by atomic mass is 10.1. The first-order chi connectivity index (χ1) is 9.63. The molecule has 4 heteroatoms. The minimum Gasteiger partial charge on any atom is -0.469 e. The summed E-state index contributed by atoms with van der Waals surface area (Å²) in [5, 5.41) is 0. The van der Waals surface area contributed by atoms with E-state index in [4.69, 9.17) is 9.15 Å². The summed E-state index contributed by atoms with van der Waals surface area (Å²) in [5.74, 6) is 1.94. The highest BCUT2D eigenvalue weighted by atomic mass is 16.5. The molecule has 1 saturated heterocycles. The predicted octanol–water partition coefficient (Wildman–Crippen LogP) is 3.26. The molecule has 0 saturated carbocycles. The van der Waals surface area contributed by atoms with Crippen molar-refractivity contribution in [1.29, 1.82) is 0 Å². The van der Waals surface area contributed by atoms with Gasteiger partial charge in [0.25, 0.3) is 0 Å². The third-order valence-corrected chi connectivity index (χ3v) is 3.66. The van der Waals surface area contributed by atoms with Crippen LogP contribution >= 0.6 is 0 Å². The first-order valence-electron chi connectivity index (χ1n) is 7.04. The van der Waals surface area contributed by atoms with Crippen molar-refractivity contribution in [1.82, 2.24) is 4.98 Å². The van der Waals surface area contributed by atoms with E-state index < -0.39 is 0 Å². The number of nitrogens with zero attached hydrogens (tertiary/aromatic N) is 2. The third-order valence-electron chi connectivity index (χ3n) is 3.66. The molecule has 0 amide bonds. The number of furan rings is 1. The number of pyridine rings is 1. The quantitative estimate of drug-likeness (QED) is 0.841. The second-order valence-corrected chi connectivity index (χ2v) is 5.46. The number of anilines is 1. The van der Waals surface area contributed by atoms with E-state index in [2.05, 4.69) is 29.8 Å². The summed E-state index contributed by atoms with van der Waals surface area (Å²) in [5.41, 5.74) is 2.27. The molecule has 2 aromatic rings. The van der Waals surface area contributed by atoms with E-state index in [-0.39, 0.29) is 12.2 Å². The van der Waals surface area contributed by atoms with Gasteiger partial charge in [-0.05, 0) is 44.5 Å². The van der Waals surface area contributed by atoms with Crippen LogP contribution in [0.1, 0.15) is 19.6 Å². The number of ether oxygens (including phenoxy) is 1. The van der Waals surface area contributed by atoms with Crippen molar-refractivity contribution < 1.29 is 9.15 Å². The molecule has 2 aromatic heterocycles.